The van der Waals surface area contributed by atoms with Crippen LogP contribution in [-0.4, -0.2) is 48.9 Å². The molecule has 6 heavy (non-hydrogen) atoms. The average molecular weight is 308 g/mol. The van der Waals surface area contributed by atoms with E-state index in [-0.39, 0.29) is 48.9 Å². The van der Waals surface area contributed by atoms with E-state index in [1.807, 2.05) is 0 Å². The number of hydrogen-bond donors (Lipinski definition) is 0. The Labute approximate surface area is 75.0 Å². The second-order valence-corrected chi connectivity index (χ2v) is 1.73. The fourth-order valence-corrected chi connectivity index (χ4v) is 0. The van der Waals surface area contributed by atoms with Crippen LogP contribution in [0.15, 0.2) is 0 Å². The standard InChI is InChI=1S/C4H10.2Sb.6H/c1-4(2)3;;;;;;;;/h4H,1-3H3;;;;;;;;. The maximum absolute atomic E-state index is 2.17. The fourth-order valence-electron chi connectivity index (χ4n) is 0. The minimum atomic E-state index is 0. The molecule has 0 unspecified atom stereocenters. The Hall–Kier alpha value is 1.64. The second kappa shape index (κ2) is 9.81. The van der Waals surface area contributed by atoms with Crippen molar-refractivity contribution in [3.8, 4) is 0 Å². The van der Waals surface area contributed by atoms with Crippen molar-refractivity contribution in [2.24, 2.45) is 5.92 Å². The quantitative estimate of drug-likeness (QED) is 0.519. The van der Waals surface area contributed by atoms with Crippen LogP contribution in [0.25, 0.3) is 0 Å². The van der Waals surface area contributed by atoms with Crippen LogP contribution in [0.4, 0.5) is 0 Å². The Kier molecular flexibility index (Phi) is 25.6. The van der Waals surface area contributed by atoms with Gasteiger partial charge in [-0.2, -0.15) is 0 Å². The van der Waals surface area contributed by atoms with E-state index in [2.05, 4.69) is 20.8 Å². The van der Waals surface area contributed by atoms with Crippen LogP contribution in [0.5, 0.6) is 0 Å². The van der Waals surface area contributed by atoms with Crippen molar-refractivity contribution in [2.75, 3.05) is 0 Å². The molecule has 0 aromatic heterocycles. The molecule has 0 aliphatic carbocycles. The molecule has 0 aliphatic heterocycles. The van der Waals surface area contributed by atoms with Crippen LogP contribution in [0.3, 0.4) is 0 Å². The third-order valence-corrected chi connectivity index (χ3v) is 0. The summed E-state index contributed by atoms with van der Waals surface area (Å²) in [6.07, 6.45) is 0. The van der Waals surface area contributed by atoms with E-state index in [9.17, 15) is 0 Å². The van der Waals surface area contributed by atoms with E-state index in [1.54, 1.807) is 0 Å². The molecule has 0 amide bonds. The van der Waals surface area contributed by atoms with Gasteiger partial charge in [0.1, 0.15) is 0 Å². The van der Waals surface area contributed by atoms with Crippen molar-refractivity contribution in [3.05, 3.63) is 0 Å². The van der Waals surface area contributed by atoms with Crippen LogP contribution < -0.4 is 0 Å². The van der Waals surface area contributed by atoms with Gasteiger partial charge in [0.05, 0.1) is 0 Å². The van der Waals surface area contributed by atoms with E-state index >= 15 is 0 Å². The summed E-state index contributed by atoms with van der Waals surface area (Å²) in [4.78, 5) is 0. The van der Waals surface area contributed by atoms with E-state index in [0.29, 0.717) is 0 Å². The van der Waals surface area contributed by atoms with Crippen LogP contribution in [-0.2, 0) is 0 Å². The molecular weight excluding hydrogens is 292 g/mol. The first-order valence-electron chi connectivity index (χ1n) is 1.73. The van der Waals surface area contributed by atoms with E-state index in [1.165, 1.54) is 0 Å². The molecule has 0 rings (SSSR count). The summed E-state index contributed by atoms with van der Waals surface area (Å²) in [6.45, 7) is 6.50. The van der Waals surface area contributed by atoms with Gasteiger partial charge in [-0.3, -0.25) is 0 Å². The van der Waals surface area contributed by atoms with Crippen molar-refractivity contribution >= 4 is 48.9 Å². The molecule has 0 N–H and O–H groups in total. The van der Waals surface area contributed by atoms with Crippen LogP contribution in [0, 0.1) is 5.92 Å². The summed E-state index contributed by atoms with van der Waals surface area (Å²) >= 11 is 0. The van der Waals surface area contributed by atoms with Crippen LogP contribution >= 0.6 is 0 Å². The van der Waals surface area contributed by atoms with Gasteiger partial charge < -0.3 is 0 Å². The molecule has 42 valence electrons. The Balaban J connectivity index is -0.0000000450. The number of rotatable bonds is 0. The SMILES string of the molecule is CC(C)C.[SbH3].[SbH3]. The zero-order valence-electron chi connectivity index (χ0n) is 4.99. The molecule has 0 aromatic carbocycles. The molecule has 0 spiro atoms. The molecule has 0 heterocycles. The second-order valence-electron chi connectivity index (χ2n) is 1.73. The third kappa shape index (κ3) is 45.2. The third-order valence-electron chi connectivity index (χ3n) is 0. The summed E-state index contributed by atoms with van der Waals surface area (Å²) in [5.74, 6) is 0.833. The minimum absolute atomic E-state index is 0. The van der Waals surface area contributed by atoms with Crippen molar-refractivity contribution in [2.45, 2.75) is 20.8 Å². The molecular formula is C4H16Sb2. The molecule has 0 radical (unpaired) electrons. The zero-order chi connectivity index (χ0) is 3.58. The van der Waals surface area contributed by atoms with Crippen molar-refractivity contribution in [3.63, 3.8) is 0 Å². The Morgan fingerprint density at radius 1 is 0.833 bits per heavy atom. The van der Waals surface area contributed by atoms with Crippen LogP contribution in [0.2, 0.25) is 0 Å². The Morgan fingerprint density at radius 3 is 0.833 bits per heavy atom. The van der Waals surface area contributed by atoms with Gasteiger partial charge >= 0.3 is 48.9 Å². The fraction of sp³-hybridized carbons (Fsp3) is 1.00. The Bertz CT molecular complexity index is 10.3. The average Bonchev–Trinajstić information content (AvgIpc) is 0.811. The van der Waals surface area contributed by atoms with Crippen molar-refractivity contribution < 1.29 is 0 Å². The molecule has 0 bridgehead atoms. The molecule has 0 nitrogen and oxygen atoms in total. The van der Waals surface area contributed by atoms with Gasteiger partial charge in [-0.1, -0.05) is 20.8 Å². The normalized spacial score (nSPS) is 6.00. The summed E-state index contributed by atoms with van der Waals surface area (Å²) in [5, 5.41) is 0. The molecule has 0 atom stereocenters. The monoisotopic (exact) mass is 306 g/mol. The summed E-state index contributed by atoms with van der Waals surface area (Å²) in [5.41, 5.74) is 0. The van der Waals surface area contributed by atoms with Gasteiger partial charge in [-0.25, -0.2) is 0 Å². The maximum atomic E-state index is 2.17. The van der Waals surface area contributed by atoms with Gasteiger partial charge in [-0.15, -0.1) is 0 Å². The molecule has 0 saturated heterocycles. The predicted molar refractivity (Wildman–Crippen MR) is 40.4 cm³/mol. The summed E-state index contributed by atoms with van der Waals surface area (Å²) in [6, 6.07) is 0. The van der Waals surface area contributed by atoms with Crippen LogP contribution in [0.1, 0.15) is 20.8 Å². The predicted octanol–water partition coefficient (Wildman–Crippen LogP) is -0.706. The van der Waals surface area contributed by atoms with Crippen molar-refractivity contribution in [1.82, 2.24) is 0 Å². The van der Waals surface area contributed by atoms with Crippen molar-refractivity contribution in [1.29, 1.82) is 0 Å². The first-order chi connectivity index (χ1) is 1.73. The molecule has 0 aliphatic rings. The van der Waals surface area contributed by atoms with E-state index in [0.717, 1.165) is 5.92 Å². The molecule has 0 saturated carbocycles. The molecule has 0 aromatic rings. The van der Waals surface area contributed by atoms with Gasteiger partial charge in [0.15, 0.2) is 0 Å². The van der Waals surface area contributed by atoms with Gasteiger partial charge in [0.2, 0.25) is 0 Å². The van der Waals surface area contributed by atoms with Gasteiger partial charge in [-0.05, 0) is 5.92 Å². The molecule has 0 fully saturated rings. The topological polar surface area (TPSA) is 0 Å². The Morgan fingerprint density at radius 2 is 0.833 bits per heavy atom. The van der Waals surface area contributed by atoms with E-state index in [4.69, 9.17) is 0 Å². The first-order valence-corrected chi connectivity index (χ1v) is 1.73. The first kappa shape index (κ1) is 15.6. The van der Waals surface area contributed by atoms with Gasteiger partial charge in [0.25, 0.3) is 0 Å². The number of hydrogen-bond acceptors (Lipinski definition) is 0. The van der Waals surface area contributed by atoms with Gasteiger partial charge in [0, 0.05) is 0 Å². The summed E-state index contributed by atoms with van der Waals surface area (Å²) in [7, 11) is 0. The zero-order valence-corrected chi connectivity index (χ0v) is 13.1. The van der Waals surface area contributed by atoms with E-state index < -0.39 is 0 Å². The summed E-state index contributed by atoms with van der Waals surface area (Å²) < 4.78 is 0. The molecule has 2 heteroatoms.